The molecular weight excluding hydrogens is 639 g/mol. The van der Waals surface area contributed by atoms with Crippen molar-refractivity contribution in [2.24, 2.45) is 0 Å². The van der Waals surface area contributed by atoms with Gasteiger partial charge in [0.25, 0.3) is 0 Å². The number of hydrogen-bond donors (Lipinski definition) is 1. The SMILES string of the molecule is C1=CC/C(=C2/CCC=C/C2=C/CC(/C=C\c2ccc(-c3ccccc3)cc2)=C/C=C/Nc2ccc(/C3=C/c4ccccc4C/C=C\C=C/C3)cc2)CC1. The average Bonchev–Trinajstić information content (AvgIpc) is 3.23. The third kappa shape index (κ3) is 10.1. The highest BCUT2D eigenvalue weighted by molar-refractivity contribution is 5.83. The summed E-state index contributed by atoms with van der Waals surface area (Å²) in [5.41, 5.74) is 15.8. The van der Waals surface area contributed by atoms with E-state index in [1.807, 2.05) is 6.20 Å². The van der Waals surface area contributed by atoms with Crippen LogP contribution in [0, 0.1) is 0 Å². The molecule has 0 spiro atoms. The second-order valence-corrected chi connectivity index (χ2v) is 13.9. The van der Waals surface area contributed by atoms with Gasteiger partial charge in [-0.1, -0.05) is 176 Å². The van der Waals surface area contributed by atoms with Crippen LogP contribution >= 0.6 is 0 Å². The number of rotatable bonds is 9. The van der Waals surface area contributed by atoms with E-state index >= 15 is 0 Å². The minimum absolute atomic E-state index is 0.867. The van der Waals surface area contributed by atoms with Crippen LogP contribution in [-0.4, -0.2) is 0 Å². The molecule has 0 unspecified atom stereocenters. The lowest BCUT2D eigenvalue weighted by molar-refractivity contribution is 0.842. The van der Waals surface area contributed by atoms with E-state index < -0.39 is 0 Å². The molecule has 0 bridgehead atoms. The summed E-state index contributed by atoms with van der Waals surface area (Å²) in [4.78, 5) is 0. The van der Waals surface area contributed by atoms with Gasteiger partial charge >= 0.3 is 0 Å². The van der Waals surface area contributed by atoms with Gasteiger partial charge in [0.2, 0.25) is 0 Å². The van der Waals surface area contributed by atoms with E-state index in [9.17, 15) is 0 Å². The van der Waals surface area contributed by atoms with Gasteiger partial charge < -0.3 is 5.32 Å². The molecule has 1 N–H and O–H groups in total. The molecule has 1 heteroatoms. The number of allylic oxidation sites excluding steroid dienone is 17. The summed E-state index contributed by atoms with van der Waals surface area (Å²) in [6.45, 7) is 0. The van der Waals surface area contributed by atoms with Gasteiger partial charge in [-0.2, -0.15) is 0 Å². The van der Waals surface area contributed by atoms with Gasteiger partial charge in [0, 0.05) is 11.9 Å². The van der Waals surface area contributed by atoms with Crippen LogP contribution < -0.4 is 5.32 Å². The number of hydrogen-bond acceptors (Lipinski definition) is 1. The molecule has 0 atom stereocenters. The van der Waals surface area contributed by atoms with Gasteiger partial charge in [0.15, 0.2) is 0 Å². The summed E-state index contributed by atoms with van der Waals surface area (Å²) in [5, 5.41) is 3.51. The minimum atomic E-state index is 0.867. The van der Waals surface area contributed by atoms with Crippen molar-refractivity contribution in [3.05, 3.63) is 227 Å². The van der Waals surface area contributed by atoms with Crippen molar-refractivity contribution in [3.63, 3.8) is 0 Å². The average molecular weight is 688 g/mol. The Hall–Kier alpha value is -5.92. The first-order valence-electron chi connectivity index (χ1n) is 19.2. The Morgan fingerprint density at radius 2 is 1.40 bits per heavy atom. The van der Waals surface area contributed by atoms with Crippen molar-refractivity contribution in [1.29, 1.82) is 0 Å². The molecule has 7 rings (SSSR count). The molecule has 53 heavy (non-hydrogen) atoms. The Kier molecular flexibility index (Phi) is 12.4. The van der Waals surface area contributed by atoms with E-state index in [2.05, 4.69) is 194 Å². The zero-order valence-electron chi connectivity index (χ0n) is 30.6. The largest absolute Gasteiger partial charge is 0.362 e. The number of anilines is 1. The maximum atomic E-state index is 3.51. The molecule has 262 valence electrons. The zero-order valence-corrected chi connectivity index (χ0v) is 30.6. The maximum absolute atomic E-state index is 3.51. The molecule has 0 fully saturated rings. The first kappa shape index (κ1) is 35.5. The molecular formula is C52H49N. The fourth-order valence-corrected chi connectivity index (χ4v) is 7.22. The van der Waals surface area contributed by atoms with Gasteiger partial charge in [0.05, 0.1) is 0 Å². The summed E-state index contributed by atoms with van der Waals surface area (Å²) in [7, 11) is 0. The van der Waals surface area contributed by atoms with Crippen molar-refractivity contribution >= 4 is 23.4 Å². The normalized spacial score (nSPS) is 20.6. The highest BCUT2D eigenvalue weighted by Crippen LogP contribution is 2.33. The van der Waals surface area contributed by atoms with E-state index in [1.165, 1.54) is 56.5 Å². The molecule has 4 aromatic carbocycles. The van der Waals surface area contributed by atoms with Gasteiger partial charge in [-0.05, 0) is 125 Å². The fraction of sp³-hybridized carbons (Fsp3) is 0.154. The van der Waals surface area contributed by atoms with E-state index in [-0.39, 0.29) is 0 Å². The van der Waals surface area contributed by atoms with Crippen molar-refractivity contribution < 1.29 is 0 Å². The predicted octanol–water partition coefficient (Wildman–Crippen LogP) is 14.2. The third-order valence-electron chi connectivity index (χ3n) is 10.2. The smallest absolute Gasteiger partial charge is 0.0380 e. The standard InChI is InChI=1S/C52H49N/c1-2-6-24-50(40-49-25-12-11-20-44(49)19-5-1)46-35-37-51(38-36-46)53-39-15-16-41(27-28-42-29-32-45(33-30-42)43-17-7-3-8-18-43)31-34-48-23-13-14-26-52(48)47-21-9-4-10-22-47/h1-9,11-13,15-18,20,23,25,27-30,32-40,53H,10,14,19,21-22,24,26,31H2/b5-1-,6-2-,28-27-,39-15+,41-16+,48-34-,50-40+,52-47+. The van der Waals surface area contributed by atoms with Gasteiger partial charge in [-0.15, -0.1) is 0 Å². The van der Waals surface area contributed by atoms with Gasteiger partial charge in [0.1, 0.15) is 0 Å². The van der Waals surface area contributed by atoms with Crippen LogP contribution in [0.2, 0.25) is 0 Å². The molecule has 0 saturated heterocycles. The van der Waals surface area contributed by atoms with E-state index in [0.717, 1.165) is 50.6 Å². The van der Waals surface area contributed by atoms with Crippen LogP contribution in [0.15, 0.2) is 205 Å². The zero-order chi connectivity index (χ0) is 35.9. The Morgan fingerprint density at radius 3 is 2.23 bits per heavy atom. The molecule has 0 saturated carbocycles. The van der Waals surface area contributed by atoms with Crippen LogP contribution in [0.5, 0.6) is 0 Å². The number of benzene rings is 4. The topological polar surface area (TPSA) is 12.0 Å². The highest BCUT2D eigenvalue weighted by atomic mass is 14.8. The van der Waals surface area contributed by atoms with E-state index in [1.54, 1.807) is 11.1 Å². The summed E-state index contributed by atoms with van der Waals surface area (Å²) in [6.07, 6.45) is 42.3. The Bertz CT molecular complexity index is 2150. The molecule has 1 nitrogen and oxygen atoms in total. The van der Waals surface area contributed by atoms with Crippen molar-refractivity contribution in [1.82, 2.24) is 0 Å². The van der Waals surface area contributed by atoms with E-state index in [0.29, 0.717) is 0 Å². The first-order chi connectivity index (χ1) is 26.3. The number of fused-ring (bicyclic) bond motifs is 1. The van der Waals surface area contributed by atoms with Crippen molar-refractivity contribution in [3.8, 4) is 11.1 Å². The fourth-order valence-electron chi connectivity index (χ4n) is 7.22. The molecule has 0 heterocycles. The monoisotopic (exact) mass is 687 g/mol. The third-order valence-corrected chi connectivity index (χ3v) is 10.2. The second-order valence-electron chi connectivity index (χ2n) is 13.9. The predicted molar refractivity (Wildman–Crippen MR) is 230 cm³/mol. The summed E-state index contributed by atoms with van der Waals surface area (Å²) < 4.78 is 0. The minimum Gasteiger partial charge on any atom is -0.362 e. The quantitative estimate of drug-likeness (QED) is 0.136. The summed E-state index contributed by atoms with van der Waals surface area (Å²) in [6, 6.07) is 36.9. The van der Waals surface area contributed by atoms with Crippen LogP contribution in [0.4, 0.5) is 5.69 Å². The molecule has 3 aliphatic carbocycles. The van der Waals surface area contributed by atoms with Crippen LogP contribution in [0.3, 0.4) is 0 Å². The highest BCUT2D eigenvalue weighted by Gasteiger charge is 2.13. The van der Waals surface area contributed by atoms with Crippen LogP contribution in [0.25, 0.3) is 28.9 Å². The van der Waals surface area contributed by atoms with Crippen LogP contribution in [-0.2, 0) is 6.42 Å². The van der Waals surface area contributed by atoms with E-state index in [4.69, 9.17) is 0 Å². The van der Waals surface area contributed by atoms with Crippen molar-refractivity contribution in [2.45, 2.75) is 51.4 Å². The lowest BCUT2D eigenvalue weighted by Gasteiger charge is -2.20. The molecule has 0 aromatic heterocycles. The first-order valence-corrected chi connectivity index (χ1v) is 19.2. The van der Waals surface area contributed by atoms with Crippen molar-refractivity contribution in [2.75, 3.05) is 5.32 Å². The summed E-state index contributed by atoms with van der Waals surface area (Å²) in [5.74, 6) is 0. The second kappa shape index (κ2) is 18.5. The molecule has 0 amide bonds. The molecule has 0 aliphatic heterocycles. The molecule has 0 radical (unpaired) electrons. The van der Waals surface area contributed by atoms with Gasteiger partial charge in [-0.25, -0.2) is 0 Å². The Balaban J connectivity index is 1.08. The lowest BCUT2D eigenvalue weighted by Crippen LogP contribution is -2.01. The van der Waals surface area contributed by atoms with Crippen LogP contribution in [0.1, 0.15) is 67.2 Å². The summed E-state index contributed by atoms with van der Waals surface area (Å²) >= 11 is 0. The number of nitrogens with one attached hydrogen (secondary N) is 1. The van der Waals surface area contributed by atoms with Gasteiger partial charge in [-0.3, -0.25) is 0 Å². The maximum Gasteiger partial charge on any atom is 0.0380 e. The lowest BCUT2D eigenvalue weighted by atomic mass is 9.85. The molecule has 4 aromatic rings. The molecule has 3 aliphatic rings. The Morgan fingerprint density at radius 1 is 0.642 bits per heavy atom. The Labute approximate surface area is 316 Å².